The van der Waals surface area contributed by atoms with Crippen LogP contribution in [0.1, 0.15) is 36.1 Å². The normalized spacial score (nSPS) is 14.6. The predicted molar refractivity (Wildman–Crippen MR) is 224 cm³/mol. The average Bonchev–Trinajstić information content (AvgIpc) is 3.85. The maximum Gasteiger partial charge on any atom is 0.113 e. The molecule has 1 aliphatic heterocycles. The molecule has 54 heavy (non-hydrogen) atoms. The van der Waals surface area contributed by atoms with Gasteiger partial charge in [0.1, 0.15) is 8.07 Å². The molecule has 7 aromatic carbocycles. The number of para-hydroxylation sites is 1. The maximum absolute atomic E-state index is 9.74. The van der Waals surface area contributed by atoms with Crippen molar-refractivity contribution in [3.8, 4) is 45.8 Å². The summed E-state index contributed by atoms with van der Waals surface area (Å²) >= 11 is 0. The Bertz CT molecular complexity index is 3180. The van der Waals surface area contributed by atoms with E-state index in [1.54, 1.807) is 0 Å². The van der Waals surface area contributed by atoms with Gasteiger partial charge in [0, 0.05) is 38.3 Å². The van der Waals surface area contributed by atoms with Crippen LogP contribution >= 0.6 is 0 Å². The summed E-state index contributed by atoms with van der Waals surface area (Å²) in [7, 11) is -2.00. The summed E-state index contributed by atoms with van der Waals surface area (Å²) in [4.78, 5) is 0. The van der Waals surface area contributed by atoms with Crippen molar-refractivity contribution in [2.45, 2.75) is 32.4 Å². The van der Waals surface area contributed by atoms with Gasteiger partial charge >= 0.3 is 0 Å². The van der Waals surface area contributed by atoms with Crippen molar-refractivity contribution in [3.05, 3.63) is 156 Å². The minimum atomic E-state index is -2.00. The fraction of sp³-hybridized carbons (Fsp3) is 0.102. The molecular formula is C49H34N4Si. The summed E-state index contributed by atoms with van der Waals surface area (Å²) in [5.41, 5.74) is 15.9. The molecule has 3 heterocycles. The minimum absolute atomic E-state index is 0.123. The molecule has 0 saturated carbocycles. The molecule has 0 unspecified atom stereocenters. The van der Waals surface area contributed by atoms with Crippen LogP contribution in [0.3, 0.4) is 0 Å². The van der Waals surface area contributed by atoms with E-state index < -0.39 is 8.07 Å². The zero-order valence-corrected chi connectivity index (χ0v) is 31.5. The molecule has 2 aromatic heterocycles. The van der Waals surface area contributed by atoms with E-state index in [0.717, 1.165) is 27.5 Å². The highest BCUT2D eigenvalue weighted by Gasteiger charge is 2.40. The van der Waals surface area contributed by atoms with E-state index in [0.29, 0.717) is 11.1 Å². The van der Waals surface area contributed by atoms with Crippen LogP contribution in [-0.4, -0.2) is 17.2 Å². The fourth-order valence-electron chi connectivity index (χ4n) is 10.1. The number of hydrogen-bond acceptors (Lipinski definition) is 2. The zero-order chi connectivity index (χ0) is 36.7. The minimum Gasteiger partial charge on any atom is -0.309 e. The number of nitrogens with zero attached hydrogens (tertiary/aromatic N) is 4. The Kier molecular flexibility index (Phi) is 6.00. The van der Waals surface area contributed by atoms with Gasteiger partial charge in [-0.15, -0.1) is 0 Å². The lowest BCUT2D eigenvalue weighted by Gasteiger charge is -2.22. The highest BCUT2D eigenvalue weighted by atomic mass is 28.3. The van der Waals surface area contributed by atoms with Gasteiger partial charge in [0.25, 0.3) is 0 Å². The number of nitriles is 2. The van der Waals surface area contributed by atoms with Gasteiger partial charge in [-0.3, -0.25) is 0 Å². The first-order valence-electron chi connectivity index (χ1n) is 18.6. The second-order valence-corrected chi connectivity index (χ2v) is 20.3. The summed E-state index contributed by atoms with van der Waals surface area (Å²) in [5.74, 6) is 0. The first-order valence-corrected chi connectivity index (χ1v) is 21.6. The molecule has 0 N–H and O–H groups in total. The van der Waals surface area contributed by atoms with E-state index in [1.807, 2.05) is 36.4 Å². The molecule has 0 fully saturated rings. The molecule has 11 rings (SSSR count). The van der Waals surface area contributed by atoms with Crippen LogP contribution in [0.4, 0.5) is 0 Å². The predicted octanol–water partition coefficient (Wildman–Crippen LogP) is 10.7. The first kappa shape index (κ1) is 30.9. The van der Waals surface area contributed by atoms with Gasteiger partial charge in [0.15, 0.2) is 0 Å². The third-order valence-electron chi connectivity index (χ3n) is 12.5. The Morgan fingerprint density at radius 3 is 1.67 bits per heavy atom. The molecule has 0 amide bonds. The molecule has 0 atom stereocenters. The zero-order valence-electron chi connectivity index (χ0n) is 30.5. The summed E-state index contributed by atoms with van der Waals surface area (Å²) < 4.78 is 4.77. The van der Waals surface area contributed by atoms with Crippen molar-refractivity contribution in [3.63, 3.8) is 0 Å². The standard InChI is InChI=1S/C49H34N4Si/c1-49(2)40-11-7-5-9-33(40)34-17-20-44-47(48(34)49)35-10-6-8-12-41(35)53(44)32-16-22-46-39(26-32)38-25-31(15-21-45(38)54(46,3)4)52-42-18-13-29(27-50)23-36(42)37-24-30(28-51)14-19-43(37)52/h5-26H,1-4H3. The van der Waals surface area contributed by atoms with Crippen LogP contribution in [-0.2, 0) is 5.41 Å². The molecule has 9 aromatic rings. The van der Waals surface area contributed by atoms with E-state index in [4.69, 9.17) is 0 Å². The monoisotopic (exact) mass is 706 g/mol. The Morgan fingerprint density at radius 2 is 1.04 bits per heavy atom. The van der Waals surface area contributed by atoms with Crippen LogP contribution in [0, 0.1) is 22.7 Å². The smallest absolute Gasteiger partial charge is 0.113 e. The third kappa shape index (κ3) is 3.84. The van der Waals surface area contributed by atoms with Crippen LogP contribution in [0.2, 0.25) is 13.1 Å². The quantitative estimate of drug-likeness (QED) is 0.168. The lowest BCUT2D eigenvalue weighted by atomic mass is 9.80. The summed E-state index contributed by atoms with van der Waals surface area (Å²) in [6.45, 7) is 9.69. The van der Waals surface area contributed by atoms with Gasteiger partial charge in [0.2, 0.25) is 0 Å². The van der Waals surface area contributed by atoms with E-state index >= 15 is 0 Å². The third-order valence-corrected chi connectivity index (χ3v) is 16.1. The van der Waals surface area contributed by atoms with Gasteiger partial charge in [0.05, 0.1) is 45.3 Å². The molecule has 0 radical (unpaired) electrons. The molecule has 2 aliphatic rings. The summed E-state index contributed by atoms with van der Waals surface area (Å²) in [5, 5.41) is 27.0. The van der Waals surface area contributed by atoms with Crippen LogP contribution in [0.25, 0.3) is 77.2 Å². The van der Waals surface area contributed by atoms with E-state index in [1.165, 1.54) is 71.2 Å². The summed E-state index contributed by atoms with van der Waals surface area (Å²) in [6.07, 6.45) is 0. The molecule has 0 saturated heterocycles. The second kappa shape index (κ2) is 10.5. The van der Waals surface area contributed by atoms with Gasteiger partial charge in [-0.2, -0.15) is 10.5 Å². The van der Waals surface area contributed by atoms with Crippen molar-refractivity contribution >= 4 is 62.1 Å². The highest BCUT2D eigenvalue weighted by molar-refractivity contribution is 7.03. The van der Waals surface area contributed by atoms with Crippen molar-refractivity contribution in [2.24, 2.45) is 0 Å². The summed E-state index contributed by atoms with van der Waals surface area (Å²) in [6, 6.07) is 53.0. The topological polar surface area (TPSA) is 57.4 Å². The van der Waals surface area contributed by atoms with E-state index in [2.05, 4.69) is 145 Å². The lowest BCUT2D eigenvalue weighted by molar-refractivity contribution is 0.666. The molecule has 254 valence electrons. The van der Waals surface area contributed by atoms with Crippen molar-refractivity contribution < 1.29 is 0 Å². The molecule has 1 aliphatic carbocycles. The maximum atomic E-state index is 9.74. The number of aromatic nitrogens is 2. The molecule has 0 bridgehead atoms. The van der Waals surface area contributed by atoms with Crippen molar-refractivity contribution in [2.75, 3.05) is 0 Å². The Hall–Kier alpha value is -6.66. The van der Waals surface area contributed by atoms with Gasteiger partial charge in [-0.05, 0) is 117 Å². The van der Waals surface area contributed by atoms with Crippen LogP contribution < -0.4 is 10.4 Å². The van der Waals surface area contributed by atoms with E-state index in [-0.39, 0.29) is 5.41 Å². The SMILES string of the molecule is CC1(C)c2ccccc2-c2ccc3c(c21)c1ccccc1n3-c1ccc2c(c1)-c1cc(-n3c4ccc(C#N)cc4c4cc(C#N)ccc43)ccc1[Si]2(C)C. The Labute approximate surface area is 314 Å². The Morgan fingerprint density at radius 1 is 0.500 bits per heavy atom. The molecular weight excluding hydrogens is 673 g/mol. The molecule has 4 nitrogen and oxygen atoms in total. The first-order chi connectivity index (χ1) is 26.2. The van der Waals surface area contributed by atoms with E-state index in [9.17, 15) is 10.5 Å². The molecule has 0 spiro atoms. The van der Waals surface area contributed by atoms with Gasteiger partial charge < -0.3 is 9.13 Å². The number of benzene rings is 7. The highest BCUT2D eigenvalue weighted by Crippen LogP contribution is 2.53. The fourth-order valence-corrected chi connectivity index (χ4v) is 13.1. The van der Waals surface area contributed by atoms with Crippen molar-refractivity contribution in [1.82, 2.24) is 9.13 Å². The lowest BCUT2D eigenvalue weighted by Crippen LogP contribution is -2.49. The van der Waals surface area contributed by atoms with Gasteiger partial charge in [-0.25, -0.2) is 0 Å². The number of fused-ring (bicyclic) bond motifs is 13. The van der Waals surface area contributed by atoms with Crippen molar-refractivity contribution in [1.29, 1.82) is 10.5 Å². The second-order valence-electron chi connectivity index (χ2n) is 16.0. The van der Waals surface area contributed by atoms with Gasteiger partial charge in [-0.1, -0.05) is 87.6 Å². The number of hydrogen-bond donors (Lipinski definition) is 0. The van der Waals surface area contributed by atoms with Crippen LogP contribution in [0.5, 0.6) is 0 Å². The number of rotatable bonds is 2. The average molecular weight is 707 g/mol. The van der Waals surface area contributed by atoms with Crippen LogP contribution in [0.15, 0.2) is 133 Å². The Balaban J connectivity index is 1.14. The molecule has 5 heteroatoms. The largest absolute Gasteiger partial charge is 0.309 e.